The molecule has 1 fully saturated rings. The first-order chi connectivity index (χ1) is 9.15. The summed E-state index contributed by atoms with van der Waals surface area (Å²) in [4.78, 5) is 11.0. The second-order valence-electron chi connectivity index (χ2n) is 5.43. The number of hydrogen-bond donors (Lipinski definition) is 2. The highest BCUT2D eigenvalue weighted by Crippen LogP contribution is 2.34. The zero-order valence-electron chi connectivity index (χ0n) is 11.2. The van der Waals surface area contributed by atoms with Crippen molar-refractivity contribution in [2.45, 2.75) is 43.5 Å². The molecule has 0 saturated heterocycles. The quantitative estimate of drug-likeness (QED) is 0.863. The van der Waals surface area contributed by atoms with Gasteiger partial charge in [0.05, 0.1) is 10.5 Å². The molecule has 0 spiro atoms. The Morgan fingerprint density at radius 1 is 1.40 bits per heavy atom. The fourth-order valence-electron chi connectivity index (χ4n) is 2.24. The fraction of sp³-hybridized carbons (Fsp3) is 0.462. The summed E-state index contributed by atoms with van der Waals surface area (Å²) in [6.45, 7) is 3.52. The molecule has 1 aliphatic rings. The lowest BCUT2D eigenvalue weighted by Gasteiger charge is -2.38. The molecule has 0 radical (unpaired) electrons. The minimum atomic E-state index is -3.75. The summed E-state index contributed by atoms with van der Waals surface area (Å²) in [6.07, 6.45) is 2.58. The van der Waals surface area contributed by atoms with Gasteiger partial charge in [0.25, 0.3) is 0 Å². The summed E-state index contributed by atoms with van der Waals surface area (Å²) in [6, 6.07) is 2.63. The van der Waals surface area contributed by atoms with Gasteiger partial charge in [-0.25, -0.2) is 17.9 Å². The van der Waals surface area contributed by atoms with Crippen LogP contribution in [-0.2, 0) is 10.0 Å². The number of halogens is 1. The fourth-order valence-corrected chi connectivity index (χ4v) is 4.75. The van der Waals surface area contributed by atoms with Gasteiger partial charge in [-0.15, -0.1) is 0 Å². The van der Waals surface area contributed by atoms with Crippen LogP contribution in [0.5, 0.6) is 0 Å². The topological polar surface area (TPSA) is 83.5 Å². The lowest BCUT2D eigenvalue weighted by molar-refractivity contribution is 0.0696. The van der Waals surface area contributed by atoms with Gasteiger partial charge in [0.2, 0.25) is 10.0 Å². The van der Waals surface area contributed by atoms with E-state index in [4.69, 9.17) is 5.11 Å². The van der Waals surface area contributed by atoms with Gasteiger partial charge in [0.15, 0.2) is 0 Å². The van der Waals surface area contributed by atoms with Crippen molar-refractivity contribution >= 4 is 31.9 Å². The summed E-state index contributed by atoms with van der Waals surface area (Å²) in [5.41, 5.74) is 0.111. The molecule has 0 heterocycles. The first kappa shape index (κ1) is 15.5. The third kappa shape index (κ3) is 2.89. The van der Waals surface area contributed by atoms with Crippen molar-refractivity contribution in [1.82, 2.24) is 4.72 Å². The SMILES string of the molecule is Cc1cc(C(=O)O)cc(S(=O)(=O)NC2(C)CCC2)c1Br. The van der Waals surface area contributed by atoms with E-state index in [-0.39, 0.29) is 10.5 Å². The summed E-state index contributed by atoms with van der Waals surface area (Å²) in [5.74, 6) is -1.15. The Morgan fingerprint density at radius 2 is 2.00 bits per heavy atom. The van der Waals surface area contributed by atoms with Gasteiger partial charge in [-0.1, -0.05) is 0 Å². The lowest BCUT2D eigenvalue weighted by atomic mass is 9.80. The molecule has 0 aliphatic heterocycles. The predicted octanol–water partition coefficient (Wildman–Crippen LogP) is 2.68. The van der Waals surface area contributed by atoms with E-state index in [1.54, 1.807) is 6.92 Å². The van der Waals surface area contributed by atoms with Crippen LogP contribution in [0.4, 0.5) is 0 Å². The first-order valence-corrected chi connectivity index (χ1v) is 8.50. The van der Waals surface area contributed by atoms with Crippen molar-refractivity contribution in [3.8, 4) is 0 Å². The molecule has 2 rings (SSSR count). The maximum absolute atomic E-state index is 12.5. The number of nitrogens with one attached hydrogen (secondary N) is 1. The van der Waals surface area contributed by atoms with E-state index < -0.39 is 21.5 Å². The maximum Gasteiger partial charge on any atom is 0.335 e. The van der Waals surface area contributed by atoms with Crippen molar-refractivity contribution in [2.75, 3.05) is 0 Å². The van der Waals surface area contributed by atoms with Crippen LogP contribution in [0.2, 0.25) is 0 Å². The Morgan fingerprint density at radius 3 is 2.45 bits per heavy atom. The summed E-state index contributed by atoms with van der Waals surface area (Å²) in [7, 11) is -3.75. The zero-order valence-corrected chi connectivity index (χ0v) is 13.6. The Hall–Kier alpha value is -0.920. The number of hydrogen-bond acceptors (Lipinski definition) is 3. The maximum atomic E-state index is 12.5. The van der Waals surface area contributed by atoms with Gasteiger partial charge in [-0.2, -0.15) is 0 Å². The molecule has 0 atom stereocenters. The number of carboxylic acids is 1. The number of sulfonamides is 1. The normalized spacial score (nSPS) is 17.6. The number of aromatic carboxylic acids is 1. The lowest BCUT2D eigenvalue weighted by Crippen LogP contribution is -2.50. The van der Waals surface area contributed by atoms with E-state index in [2.05, 4.69) is 20.7 Å². The van der Waals surface area contributed by atoms with Crippen molar-refractivity contribution in [3.05, 3.63) is 27.7 Å². The molecule has 1 aromatic rings. The van der Waals surface area contributed by atoms with Crippen molar-refractivity contribution in [3.63, 3.8) is 0 Å². The highest BCUT2D eigenvalue weighted by atomic mass is 79.9. The summed E-state index contributed by atoms with van der Waals surface area (Å²) in [5, 5.41) is 9.05. The number of benzene rings is 1. The zero-order chi connectivity index (χ0) is 15.1. The van der Waals surface area contributed by atoms with Crippen LogP contribution >= 0.6 is 15.9 Å². The molecular formula is C13H16BrNO4S. The Balaban J connectivity index is 2.47. The number of rotatable bonds is 4. The molecule has 1 aliphatic carbocycles. The van der Waals surface area contributed by atoms with Crippen LogP contribution in [0.1, 0.15) is 42.1 Å². The van der Waals surface area contributed by atoms with Crippen LogP contribution < -0.4 is 4.72 Å². The van der Waals surface area contributed by atoms with Gasteiger partial charge in [0, 0.05) is 10.0 Å². The number of aryl methyl sites for hydroxylation is 1. The molecule has 7 heteroatoms. The third-order valence-corrected chi connectivity index (χ3v) is 6.57. The van der Waals surface area contributed by atoms with Crippen LogP contribution in [0, 0.1) is 6.92 Å². The molecule has 20 heavy (non-hydrogen) atoms. The van der Waals surface area contributed by atoms with E-state index in [1.807, 2.05) is 6.92 Å². The second-order valence-corrected chi connectivity index (χ2v) is 7.87. The van der Waals surface area contributed by atoms with Crippen molar-refractivity contribution in [1.29, 1.82) is 0 Å². The summed E-state index contributed by atoms with van der Waals surface area (Å²) < 4.78 is 28.0. The third-order valence-electron chi connectivity index (χ3n) is 3.60. The Labute approximate surface area is 126 Å². The Bertz CT molecular complexity index is 665. The van der Waals surface area contributed by atoms with Crippen LogP contribution in [0.3, 0.4) is 0 Å². The van der Waals surface area contributed by atoms with Gasteiger partial charge in [-0.3, -0.25) is 0 Å². The summed E-state index contributed by atoms with van der Waals surface area (Å²) >= 11 is 3.23. The number of carbonyl (C=O) groups is 1. The predicted molar refractivity (Wildman–Crippen MR) is 78.4 cm³/mol. The number of carboxylic acid groups (broad SMARTS) is 1. The smallest absolute Gasteiger partial charge is 0.335 e. The monoisotopic (exact) mass is 361 g/mol. The molecule has 0 aromatic heterocycles. The highest BCUT2D eigenvalue weighted by molar-refractivity contribution is 9.10. The highest BCUT2D eigenvalue weighted by Gasteiger charge is 2.37. The van der Waals surface area contributed by atoms with E-state index >= 15 is 0 Å². The van der Waals surface area contributed by atoms with E-state index in [0.717, 1.165) is 19.3 Å². The molecule has 0 bridgehead atoms. The van der Waals surface area contributed by atoms with E-state index in [9.17, 15) is 13.2 Å². The van der Waals surface area contributed by atoms with Gasteiger partial charge in [0.1, 0.15) is 0 Å². The van der Waals surface area contributed by atoms with Gasteiger partial charge >= 0.3 is 5.97 Å². The average Bonchev–Trinajstić information content (AvgIpc) is 2.29. The first-order valence-electron chi connectivity index (χ1n) is 6.22. The Kier molecular flexibility index (Phi) is 3.96. The molecule has 0 amide bonds. The molecule has 0 unspecified atom stereocenters. The van der Waals surface area contributed by atoms with Crippen LogP contribution in [0.15, 0.2) is 21.5 Å². The van der Waals surface area contributed by atoms with Crippen molar-refractivity contribution in [2.24, 2.45) is 0 Å². The van der Waals surface area contributed by atoms with Gasteiger partial charge in [-0.05, 0) is 66.7 Å². The molecule has 110 valence electrons. The van der Waals surface area contributed by atoms with Crippen LogP contribution in [0.25, 0.3) is 0 Å². The van der Waals surface area contributed by atoms with Crippen LogP contribution in [-0.4, -0.2) is 25.0 Å². The van der Waals surface area contributed by atoms with Gasteiger partial charge < -0.3 is 5.11 Å². The van der Waals surface area contributed by atoms with E-state index in [0.29, 0.717) is 10.0 Å². The molecule has 5 nitrogen and oxygen atoms in total. The molecular weight excluding hydrogens is 346 g/mol. The minimum Gasteiger partial charge on any atom is -0.478 e. The standard InChI is InChI=1S/C13H16BrNO4S/c1-8-6-9(12(16)17)7-10(11(8)14)20(18,19)15-13(2)4-3-5-13/h6-7,15H,3-5H2,1-2H3,(H,16,17). The largest absolute Gasteiger partial charge is 0.478 e. The minimum absolute atomic E-state index is 0.0250. The average molecular weight is 362 g/mol. The molecule has 1 saturated carbocycles. The molecule has 2 N–H and O–H groups in total. The van der Waals surface area contributed by atoms with E-state index in [1.165, 1.54) is 12.1 Å². The molecule has 1 aromatic carbocycles. The van der Waals surface area contributed by atoms with Crippen molar-refractivity contribution < 1.29 is 18.3 Å². The second kappa shape index (κ2) is 5.13.